The predicted molar refractivity (Wildman–Crippen MR) is 120 cm³/mol. The number of nitrogens with one attached hydrogen (secondary N) is 1. The van der Waals surface area contributed by atoms with Crippen molar-refractivity contribution in [2.75, 3.05) is 7.11 Å². The lowest BCUT2D eigenvalue weighted by Crippen LogP contribution is -2.19. The first-order valence-electron chi connectivity index (χ1n) is 9.86. The Balaban J connectivity index is 1.41. The van der Waals surface area contributed by atoms with E-state index in [-0.39, 0.29) is 5.91 Å². The summed E-state index contributed by atoms with van der Waals surface area (Å²) in [4.78, 5) is 16.6. The summed E-state index contributed by atoms with van der Waals surface area (Å²) < 4.78 is 7.54. The van der Waals surface area contributed by atoms with Crippen LogP contribution in [0.25, 0.3) is 21.8 Å². The van der Waals surface area contributed by atoms with Gasteiger partial charge in [0.05, 0.1) is 13.3 Å². The molecule has 0 aliphatic rings. The zero-order valence-electron chi connectivity index (χ0n) is 17.3. The van der Waals surface area contributed by atoms with E-state index in [4.69, 9.17) is 4.74 Å². The van der Waals surface area contributed by atoms with Gasteiger partial charge in [-0.3, -0.25) is 9.78 Å². The second-order valence-electron chi connectivity index (χ2n) is 7.32. The van der Waals surface area contributed by atoms with E-state index in [0.717, 1.165) is 22.0 Å². The Morgan fingerprint density at radius 2 is 2.07 bits per heavy atom. The monoisotopic (exact) mass is 400 g/mol. The number of hydrogen-bond acceptors (Lipinski definition) is 4. The van der Waals surface area contributed by atoms with Crippen molar-refractivity contribution < 1.29 is 9.53 Å². The molecule has 6 heteroatoms. The highest BCUT2D eigenvalue weighted by molar-refractivity contribution is 5.93. The van der Waals surface area contributed by atoms with Crippen LogP contribution in [0.3, 0.4) is 0 Å². The fourth-order valence-corrected chi connectivity index (χ4v) is 3.83. The quantitative estimate of drug-likeness (QED) is 0.386. The van der Waals surface area contributed by atoms with E-state index in [1.165, 1.54) is 16.5 Å². The first kappa shape index (κ1) is 19.6. The summed E-state index contributed by atoms with van der Waals surface area (Å²) in [7, 11) is 1.61. The largest absolute Gasteiger partial charge is 0.494 e. The lowest BCUT2D eigenvalue weighted by molar-refractivity contribution is -0.121. The maximum atomic E-state index is 12.3. The van der Waals surface area contributed by atoms with Crippen LogP contribution in [-0.4, -0.2) is 28.8 Å². The molecule has 6 nitrogen and oxygen atoms in total. The molecule has 2 heterocycles. The summed E-state index contributed by atoms with van der Waals surface area (Å²) in [6, 6.07) is 13.9. The van der Waals surface area contributed by atoms with Gasteiger partial charge in [0.25, 0.3) is 0 Å². The molecule has 0 saturated heterocycles. The molecule has 0 bridgehead atoms. The van der Waals surface area contributed by atoms with Gasteiger partial charge in [0.2, 0.25) is 5.91 Å². The van der Waals surface area contributed by atoms with Crippen molar-refractivity contribution in [3.63, 3.8) is 0 Å². The maximum Gasteiger partial charge on any atom is 0.241 e. The average molecular weight is 400 g/mol. The minimum Gasteiger partial charge on any atom is -0.494 e. The minimum absolute atomic E-state index is 0.132. The van der Waals surface area contributed by atoms with E-state index in [0.29, 0.717) is 18.7 Å². The molecule has 0 unspecified atom stereocenters. The number of hydrazone groups is 1. The standard InChI is InChI=1S/C24H24N4O2/c1-16-6-4-8-20-23(16)17(2)15-28(20)11-9-22(29)27-26-14-18-12-19-7-5-10-25-24(19)21(13-18)30-3/h4-8,10,12-15H,9,11H2,1-3H3,(H,27,29)/b26-14+. The van der Waals surface area contributed by atoms with Crippen molar-refractivity contribution in [1.29, 1.82) is 0 Å². The normalized spacial score (nSPS) is 11.4. The molecule has 4 aromatic rings. The number of aromatic nitrogens is 2. The number of nitrogens with zero attached hydrogens (tertiary/aromatic N) is 3. The summed E-state index contributed by atoms with van der Waals surface area (Å²) >= 11 is 0. The van der Waals surface area contributed by atoms with Gasteiger partial charge in [0, 0.05) is 41.6 Å². The predicted octanol–water partition coefficient (Wildman–Crippen LogP) is 4.36. The molecule has 4 rings (SSSR count). The van der Waals surface area contributed by atoms with Crippen LogP contribution in [0.5, 0.6) is 5.75 Å². The van der Waals surface area contributed by atoms with Crippen molar-refractivity contribution in [2.24, 2.45) is 5.10 Å². The first-order chi connectivity index (χ1) is 14.6. The van der Waals surface area contributed by atoms with Crippen LogP contribution in [0, 0.1) is 13.8 Å². The number of pyridine rings is 1. The molecule has 1 amide bonds. The Labute approximate surface area is 175 Å². The van der Waals surface area contributed by atoms with E-state index in [9.17, 15) is 4.79 Å². The number of benzene rings is 2. The van der Waals surface area contributed by atoms with Crippen molar-refractivity contribution in [2.45, 2.75) is 26.8 Å². The summed E-state index contributed by atoms with van der Waals surface area (Å²) in [6.07, 6.45) is 5.80. The molecule has 2 aromatic heterocycles. The third-order valence-corrected chi connectivity index (χ3v) is 5.20. The van der Waals surface area contributed by atoms with Crippen molar-refractivity contribution in [3.8, 4) is 5.75 Å². The van der Waals surface area contributed by atoms with E-state index >= 15 is 0 Å². The SMILES string of the molecule is COc1cc(/C=N/NC(=O)CCn2cc(C)c3c(C)cccc32)cc2cccnc12. The van der Waals surface area contributed by atoms with Gasteiger partial charge < -0.3 is 9.30 Å². The third kappa shape index (κ3) is 3.89. The number of aryl methyl sites for hydroxylation is 3. The molecule has 30 heavy (non-hydrogen) atoms. The van der Waals surface area contributed by atoms with Gasteiger partial charge in [-0.05, 0) is 54.8 Å². The lowest BCUT2D eigenvalue weighted by Gasteiger charge is -2.06. The number of carbonyl (C=O) groups excluding carboxylic acids is 1. The van der Waals surface area contributed by atoms with Crippen LogP contribution in [0.4, 0.5) is 0 Å². The second-order valence-corrected chi connectivity index (χ2v) is 7.32. The Morgan fingerprint density at radius 1 is 1.20 bits per heavy atom. The summed E-state index contributed by atoms with van der Waals surface area (Å²) in [6.45, 7) is 4.81. The summed E-state index contributed by atoms with van der Waals surface area (Å²) in [5, 5.41) is 6.32. The zero-order chi connectivity index (χ0) is 21.1. The maximum absolute atomic E-state index is 12.3. The molecule has 0 radical (unpaired) electrons. The van der Waals surface area contributed by atoms with Gasteiger partial charge in [-0.1, -0.05) is 18.2 Å². The number of fused-ring (bicyclic) bond motifs is 2. The van der Waals surface area contributed by atoms with Crippen molar-refractivity contribution >= 4 is 33.9 Å². The van der Waals surface area contributed by atoms with Crippen LogP contribution in [0.1, 0.15) is 23.1 Å². The highest BCUT2D eigenvalue weighted by atomic mass is 16.5. The fourth-order valence-electron chi connectivity index (χ4n) is 3.83. The number of carbonyl (C=O) groups is 1. The summed E-state index contributed by atoms with van der Waals surface area (Å²) in [5.41, 5.74) is 7.87. The molecule has 0 saturated carbocycles. The van der Waals surface area contributed by atoms with Crippen molar-refractivity contribution in [3.05, 3.63) is 71.5 Å². The Morgan fingerprint density at radius 3 is 2.90 bits per heavy atom. The van der Waals surface area contributed by atoms with Crippen LogP contribution in [0.2, 0.25) is 0 Å². The molecule has 152 valence electrons. The third-order valence-electron chi connectivity index (χ3n) is 5.20. The molecule has 0 fully saturated rings. The number of methoxy groups -OCH3 is 1. The molecule has 1 N–H and O–H groups in total. The fraction of sp³-hybridized carbons (Fsp3) is 0.208. The van der Waals surface area contributed by atoms with E-state index in [1.54, 1.807) is 19.5 Å². The van der Waals surface area contributed by atoms with Crippen molar-refractivity contribution in [1.82, 2.24) is 15.0 Å². The first-order valence-corrected chi connectivity index (χ1v) is 9.86. The van der Waals surface area contributed by atoms with Gasteiger partial charge in [-0.25, -0.2) is 5.43 Å². The van der Waals surface area contributed by atoms with Gasteiger partial charge in [0.15, 0.2) is 0 Å². The average Bonchev–Trinajstić information content (AvgIpc) is 3.08. The van der Waals surface area contributed by atoms with Gasteiger partial charge >= 0.3 is 0 Å². The Bertz CT molecular complexity index is 1260. The van der Waals surface area contributed by atoms with Crippen LogP contribution in [-0.2, 0) is 11.3 Å². The summed E-state index contributed by atoms with van der Waals surface area (Å²) in [5.74, 6) is 0.541. The zero-order valence-corrected chi connectivity index (χ0v) is 17.3. The topological polar surface area (TPSA) is 68.5 Å². The minimum atomic E-state index is -0.132. The molecular formula is C24H24N4O2. The number of ether oxygens (including phenoxy) is 1. The van der Waals surface area contributed by atoms with Crippen LogP contribution in [0.15, 0.2) is 60.0 Å². The second kappa shape index (κ2) is 8.37. The highest BCUT2D eigenvalue weighted by Gasteiger charge is 2.09. The van der Waals surface area contributed by atoms with Gasteiger partial charge in [-0.15, -0.1) is 0 Å². The molecule has 0 aliphatic carbocycles. The van der Waals surface area contributed by atoms with E-state index < -0.39 is 0 Å². The molecular weight excluding hydrogens is 376 g/mol. The van der Waals surface area contributed by atoms with Crippen LogP contribution < -0.4 is 10.2 Å². The number of rotatable bonds is 6. The van der Waals surface area contributed by atoms with Gasteiger partial charge in [0.1, 0.15) is 11.3 Å². The molecule has 2 aromatic carbocycles. The lowest BCUT2D eigenvalue weighted by atomic mass is 10.1. The van der Waals surface area contributed by atoms with E-state index in [1.807, 2.05) is 30.3 Å². The molecule has 0 aliphatic heterocycles. The molecule has 0 spiro atoms. The molecule has 0 atom stereocenters. The van der Waals surface area contributed by atoms with Gasteiger partial charge in [-0.2, -0.15) is 5.10 Å². The number of amides is 1. The van der Waals surface area contributed by atoms with Crippen LogP contribution >= 0.6 is 0 Å². The highest BCUT2D eigenvalue weighted by Crippen LogP contribution is 2.25. The Kier molecular flexibility index (Phi) is 5.48. The van der Waals surface area contributed by atoms with E-state index in [2.05, 4.69) is 52.3 Å². The number of hydrogen-bond donors (Lipinski definition) is 1. The smallest absolute Gasteiger partial charge is 0.241 e. The Hall–Kier alpha value is -3.67.